The van der Waals surface area contributed by atoms with Crippen LogP contribution in [0.2, 0.25) is 5.02 Å². The van der Waals surface area contributed by atoms with Crippen LogP contribution in [0.4, 0.5) is 0 Å². The Hall–Kier alpha value is -4.35. The number of carbonyl (C=O) groups is 2. The van der Waals surface area contributed by atoms with Gasteiger partial charge in [-0.2, -0.15) is 0 Å². The third-order valence-corrected chi connectivity index (χ3v) is 9.35. The van der Waals surface area contributed by atoms with Gasteiger partial charge < -0.3 is 14.4 Å². The summed E-state index contributed by atoms with van der Waals surface area (Å²) in [5, 5.41) is 0.569. The fraction of sp³-hybridized carbons (Fsp3) is 0.263. The number of fused-ring (bicyclic) bond motifs is 9. The summed E-state index contributed by atoms with van der Waals surface area (Å²) in [7, 11) is 0. The number of nitrogens with zero attached hydrogens (tertiary/aromatic N) is 1. The van der Waals surface area contributed by atoms with Crippen molar-refractivity contribution >= 4 is 23.5 Å². The molecule has 3 aliphatic rings. The summed E-state index contributed by atoms with van der Waals surface area (Å²) in [5.74, 6) is -1.07. The van der Waals surface area contributed by atoms with Crippen molar-refractivity contribution in [3.8, 4) is 11.1 Å². The Morgan fingerprint density at radius 3 is 1.91 bits per heavy atom. The van der Waals surface area contributed by atoms with Gasteiger partial charge in [0.25, 0.3) is 0 Å². The van der Waals surface area contributed by atoms with Crippen LogP contribution >= 0.6 is 11.6 Å². The predicted octanol–water partition coefficient (Wildman–Crippen LogP) is 7.58. The molecule has 0 N–H and O–H groups in total. The van der Waals surface area contributed by atoms with E-state index >= 15 is 0 Å². The molecule has 0 fully saturated rings. The first-order chi connectivity index (χ1) is 21.2. The number of esters is 2. The molecule has 1 spiro atoms. The standard InChI is InChI=1S/C38H34ClNO4/c1-23(2)43-35(41)33-34(36(42)44-24(3)4)40-21-20-25-12-5-8-17-30(25)38(40,26-13-11-14-27(39)22-26)37(33)31-18-9-6-15-28(31)29-16-7-10-19-32(29)37/h5-19,22-24H,20-21H2,1-4H3. The number of benzene rings is 4. The molecule has 0 bridgehead atoms. The van der Waals surface area contributed by atoms with Crippen LogP contribution in [0.5, 0.6) is 0 Å². The predicted molar refractivity (Wildman–Crippen MR) is 171 cm³/mol. The highest BCUT2D eigenvalue weighted by molar-refractivity contribution is 6.30. The van der Waals surface area contributed by atoms with Crippen molar-refractivity contribution in [2.45, 2.75) is 57.3 Å². The lowest BCUT2D eigenvalue weighted by Crippen LogP contribution is -2.59. The van der Waals surface area contributed by atoms with Crippen molar-refractivity contribution in [1.82, 2.24) is 4.90 Å². The first-order valence-electron chi connectivity index (χ1n) is 15.2. The molecule has 1 aliphatic carbocycles. The Labute approximate surface area is 263 Å². The normalized spacial score (nSPS) is 19.1. The molecule has 4 aromatic rings. The zero-order valence-corrected chi connectivity index (χ0v) is 26.0. The summed E-state index contributed by atoms with van der Waals surface area (Å²) < 4.78 is 12.0. The van der Waals surface area contributed by atoms with E-state index in [1.807, 2.05) is 82.3 Å². The maximum Gasteiger partial charge on any atom is 0.355 e. The second kappa shape index (κ2) is 10.4. The maximum atomic E-state index is 14.8. The van der Waals surface area contributed by atoms with Crippen molar-refractivity contribution in [2.75, 3.05) is 6.54 Å². The number of hydrogen-bond donors (Lipinski definition) is 0. The summed E-state index contributed by atoms with van der Waals surface area (Å²) in [6.07, 6.45) is -0.119. The van der Waals surface area contributed by atoms with Crippen molar-refractivity contribution in [1.29, 1.82) is 0 Å². The van der Waals surface area contributed by atoms with Crippen molar-refractivity contribution in [2.24, 2.45) is 0 Å². The van der Waals surface area contributed by atoms with Crippen LogP contribution in [0.3, 0.4) is 0 Å². The largest absolute Gasteiger partial charge is 0.460 e. The summed E-state index contributed by atoms with van der Waals surface area (Å²) in [6, 6.07) is 32.6. The molecule has 2 aliphatic heterocycles. The summed E-state index contributed by atoms with van der Waals surface area (Å²) in [6.45, 7) is 7.79. The second-order valence-corrected chi connectivity index (χ2v) is 12.7. The minimum absolute atomic E-state index is 0.241. The monoisotopic (exact) mass is 603 g/mol. The molecule has 0 saturated heterocycles. The van der Waals surface area contributed by atoms with E-state index in [-0.39, 0.29) is 5.70 Å². The third kappa shape index (κ3) is 3.72. The highest BCUT2D eigenvalue weighted by atomic mass is 35.5. The number of carbonyl (C=O) groups excluding carboxylic acids is 2. The van der Waals surface area contributed by atoms with Gasteiger partial charge >= 0.3 is 11.9 Å². The van der Waals surface area contributed by atoms with E-state index in [0.29, 0.717) is 23.6 Å². The van der Waals surface area contributed by atoms with E-state index in [2.05, 4.69) is 47.4 Å². The lowest BCUT2D eigenvalue weighted by Gasteiger charge is -2.54. The van der Waals surface area contributed by atoms with Gasteiger partial charge in [-0.05, 0) is 85.2 Å². The molecular weight excluding hydrogens is 570 g/mol. The van der Waals surface area contributed by atoms with E-state index in [9.17, 15) is 9.59 Å². The van der Waals surface area contributed by atoms with Crippen molar-refractivity contribution in [3.05, 3.63) is 141 Å². The number of rotatable bonds is 5. The van der Waals surface area contributed by atoms with Crippen molar-refractivity contribution in [3.63, 3.8) is 0 Å². The zero-order chi connectivity index (χ0) is 30.8. The molecule has 7 rings (SSSR count). The highest BCUT2D eigenvalue weighted by Crippen LogP contribution is 2.70. The van der Waals surface area contributed by atoms with Gasteiger partial charge in [-0.1, -0.05) is 96.5 Å². The van der Waals surface area contributed by atoms with E-state index in [1.54, 1.807) is 0 Å². The van der Waals surface area contributed by atoms with Gasteiger partial charge in [0.2, 0.25) is 0 Å². The van der Waals surface area contributed by atoms with Crippen molar-refractivity contribution < 1.29 is 19.1 Å². The summed E-state index contributed by atoms with van der Waals surface area (Å²) in [4.78, 5) is 31.4. The SMILES string of the molecule is CC(C)OC(=O)C1=C(C(=O)OC(C)C)C2(c3ccccc3-c3ccccc32)C2(c3cccc(Cl)c3)c3ccccc3CCN12. The van der Waals surface area contributed by atoms with Gasteiger partial charge in [0.15, 0.2) is 0 Å². The molecule has 2 heterocycles. The molecule has 1 unspecified atom stereocenters. The van der Waals surface area contributed by atoms with Gasteiger partial charge in [-0.15, -0.1) is 0 Å². The zero-order valence-electron chi connectivity index (χ0n) is 25.3. The smallest absolute Gasteiger partial charge is 0.355 e. The van der Waals surface area contributed by atoms with Gasteiger partial charge in [0, 0.05) is 11.6 Å². The van der Waals surface area contributed by atoms with E-state index in [0.717, 1.165) is 38.9 Å². The van der Waals surface area contributed by atoms with Crippen LogP contribution in [0, 0.1) is 0 Å². The Morgan fingerprint density at radius 1 is 0.727 bits per heavy atom. The average molecular weight is 604 g/mol. The molecular formula is C38H34ClNO4. The van der Waals surface area contributed by atoms with Crippen LogP contribution in [0.15, 0.2) is 108 Å². The molecule has 0 radical (unpaired) electrons. The van der Waals surface area contributed by atoms with Gasteiger partial charge in [0.1, 0.15) is 11.2 Å². The second-order valence-electron chi connectivity index (χ2n) is 12.3. The van der Waals surface area contributed by atoms with Gasteiger partial charge in [-0.25, -0.2) is 9.59 Å². The van der Waals surface area contributed by atoms with Crippen LogP contribution in [0.1, 0.15) is 55.5 Å². The number of hydrogen-bond acceptors (Lipinski definition) is 5. The Morgan fingerprint density at radius 2 is 1.30 bits per heavy atom. The average Bonchev–Trinajstić information content (AvgIpc) is 3.46. The number of ether oxygens (including phenoxy) is 2. The summed E-state index contributed by atoms with van der Waals surface area (Å²) in [5.41, 5.74) is 5.23. The van der Waals surface area contributed by atoms with E-state index in [1.165, 1.54) is 0 Å². The lowest BCUT2D eigenvalue weighted by molar-refractivity contribution is -0.147. The molecule has 0 saturated carbocycles. The minimum Gasteiger partial charge on any atom is -0.460 e. The molecule has 222 valence electrons. The Balaban J connectivity index is 1.75. The van der Waals surface area contributed by atoms with Crippen LogP contribution in [-0.2, 0) is 36.4 Å². The van der Waals surface area contributed by atoms with E-state index in [4.69, 9.17) is 21.1 Å². The molecule has 0 aromatic heterocycles. The van der Waals surface area contributed by atoms with Gasteiger partial charge in [-0.3, -0.25) is 0 Å². The molecule has 6 heteroatoms. The minimum atomic E-state index is -1.18. The molecule has 0 amide bonds. The fourth-order valence-electron chi connectivity index (χ4n) is 7.95. The number of halogens is 1. The molecule has 5 nitrogen and oxygen atoms in total. The van der Waals surface area contributed by atoms with Crippen LogP contribution in [-0.4, -0.2) is 35.6 Å². The first-order valence-corrected chi connectivity index (χ1v) is 15.6. The highest BCUT2D eigenvalue weighted by Gasteiger charge is 2.72. The fourth-order valence-corrected chi connectivity index (χ4v) is 8.14. The summed E-state index contributed by atoms with van der Waals surface area (Å²) >= 11 is 6.79. The topological polar surface area (TPSA) is 55.8 Å². The lowest BCUT2D eigenvalue weighted by atomic mass is 9.54. The molecule has 4 aromatic carbocycles. The van der Waals surface area contributed by atoms with Gasteiger partial charge in [0.05, 0.1) is 23.2 Å². The Bertz CT molecular complexity index is 1810. The maximum absolute atomic E-state index is 14.8. The van der Waals surface area contributed by atoms with Crippen LogP contribution in [0.25, 0.3) is 11.1 Å². The third-order valence-electron chi connectivity index (χ3n) is 9.12. The van der Waals surface area contributed by atoms with Crippen LogP contribution < -0.4 is 0 Å². The van der Waals surface area contributed by atoms with E-state index < -0.39 is 35.1 Å². The molecule has 1 atom stereocenters. The molecule has 44 heavy (non-hydrogen) atoms. The quantitative estimate of drug-likeness (QED) is 0.220. The Kier molecular flexibility index (Phi) is 6.71. The first kappa shape index (κ1) is 28.4.